The van der Waals surface area contributed by atoms with Gasteiger partial charge in [0, 0.05) is 10.1 Å². The van der Waals surface area contributed by atoms with Crippen LogP contribution in [0.3, 0.4) is 0 Å². The second kappa shape index (κ2) is 16.8. The zero-order valence-electron chi connectivity index (χ0n) is 22.7. The maximum Gasteiger partial charge on any atom is 0.335 e. The predicted molar refractivity (Wildman–Crippen MR) is 161 cm³/mol. The minimum absolute atomic E-state index is 0.332. The van der Waals surface area contributed by atoms with Gasteiger partial charge in [-0.1, -0.05) is 60.5 Å². The molecule has 3 aromatic rings. The average Bonchev–Trinajstić information content (AvgIpc) is 2.92. The van der Waals surface area contributed by atoms with Crippen LogP contribution in [-0.4, -0.2) is 22.9 Å². The topological polar surface area (TPSA) is 46.5 Å². The highest BCUT2D eigenvalue weighted by Crippen LogP contribution is 2.32. The van der Waals surface area contributed by atoms with Gasteiger partial charge in [-0.2, -0.15) is 0 Å². The van der Waals surface area contributed by atoms with Crippen molar-refractivity contribution in [1.29, 1.82) is 0 Å². The number of para-hydroxylation sites is 1. The molecule has 0 heterocycles. The number of benzene rings is 3. The summed E-state index contributed by atoms with van der Waals surface area (Å²) in [5, 5.41) is 9.67. The molecule has 0 aromatic heterocycles. The fourth-order valence-electron chi connectivity index (χ4n) is 4.53. The summed E-state index contributed by atoms with van der Waals surface area (Å²) in [7, 11) is 0. The van der Waals surface area contributed by atoms with Crippen LogP contribution in [-0.2, 0) is 12.8 Å². The van der Waals surface area contributed by atoms with Crippen LogP contribution in [0.2, 0.25) is 0 Å². The van der Waals surface area contributed by atoms with E-state index in [9.17, 15) is 9.90 Å². The molecule has 3 rings (SSSR count). The van der Waals surface area contributed by atoms with Gasteiger partial charge in [-0.25, -0.2) is 4.79 Å². The summed E-state index contributed by atoms with van der Waals surface area (Å²) in [6.07, 6.45) is 11.1. The van der Waals surface area contributed by atoms with Gasteiger partial charge in [-0.3, -0.25) is 0 Å². The van der Waals surface area contributed by atoms with E-state index in [2.05, 4.69) is 68.1 Å². The molecule has 1 atom stereocenters. The minimum atomic E-state index is -0.884. The van der Waals surface area contributed by atoms with Gasteiger partial charge in [-0.05, 0) is 106 Å². The molecule has 38 heavy (non-hydrogen) atoms. The fraction of sp³-hybridized carbons (Fsp3) is 0.382. The van der Waals surface area contributed by atoms with E-state index in [1.807, 2.05) is 23.9 Å². The standard InChI is InChI=1S/C34H42O3S/c1-27(2)13-8-10-18-31(38-32-24-21-30(22-25-32)34(35)36)23-20-29-17-9-11-19-33(29)37-26-12-4-7-16-28-14-5-3-6-15-28/h3,5-6,9,11,14-15,17,19,21-22,24-25,31H,1,4,7-8,10,12-13,16,18,20,23,26H2,2H3,(H,35,36). The Morgan fingerprint density at radius 1 is 0.842 bits per heavy atom. The van der Waals surface area contributed by atoms with Gasteiger partial charge in [0.25, 0.3) is 0 Å². The van der Waals surface area contributed by atoms with Crippen molar-refractivity contribution in [1.82, 2.24) is 0 Å². The van der Waals surface area contributed by atoms with Crippen molar-refractivity contribution < 1.29 is 14.6 Å². The van der Waals surface area contributed by atoms with Gasteiger partial charge in [-0.15, -0.1) is 18.3 Å². The van der Waals surface area contributed by atoms with E-state index in [1.54, 1.807) is 12.1 Å². The van der Waals surface area contributed by atoms with Gasteiger partial charge in [0.15, 0.2) is 0 Å². The molecular weight excluding hydrogens is 488 g/mol. The molecule has 3 nitrogen and oxygen atoms in total. The molecule has 0 bridgehead atoms. The third kappa shape index (κ3) is 11.2. The Balaban J connectivity index is 1.50. The SMILES string of the molecule is C=C(C)CCCCC(CCc1ccccc1OCCCCCc1ccccc1)Sc1ccc(C(=O)O)cc1. The third-order valence-electron chi connectivity index (χ3n) is 6.70. The number of unbranched alkanes of at least 4 members (excludes halogenated alkanes) is 3. The van der Waals surface area contributed by atoms with Crippen molar-refractivity contribution in [2.45, 2.75) is 81.3 Å². The highest BCUT2D eigenvalue weighted by Gasteiger charge is 2.14. The van der Waals surface area contributed by atoms with Gasteiger partial charge in [0.2, 0.25) is 0 Å². The van der Waals surface area contributed by atoms with E-state index in [0.29, 0.717) is 10.8 Å². The maximum absolute atomic E-state index is 11.2. The van der Waals surface area contributed by atoms with Crippen LogP contribution in [0.4, 0.5) is 0 Å². The van der Waals surface area contributed by atoms with Gasteiger partial charge in [0.05, 0.1) is 12.2 Å². The largest absolute Gasteiger partial charge is 0.493 e. The van der Waals surface area contributed by atoms with Gasteiger partial charge < -0.3 is 9.84 Å². The molecule has 0 fully saturated rings. The van der Waals surface area contributed by atoms with Crippen LogP contribution >= 0.6 is 11.8 Å². The first kappa shape index (κ1) is 29.6. The molecule has 0 aliphatic heterocycles. The van der Waals surface area contributed by atoms with E-state index in [0.717, 1.165) is 62.2 Å². The van der Waals surface area contributed by atoms with Crippen molar-refractivity contribution in [3.05, 3.63) is 108 Å². The van der Waals surface area contributed by atoms with E-state index in [1.165, 1.54) is 36.0 Å². The zero-order valence-corrected chi connectivity index (χ0v) is 23.6. The number of hydrogen-bond donors (Lipinski definition) is 1. The zero-order chi connectivity index (χ0) is 27.0. The lowest BCUT2D eigenvalue weighted by atomic mass is 10.0. The molecule has 0 saturated heterocycles. The maximum atomic E-state index is 11.2. The number of carboxylic acid groups (broad SMARTS) is 1. The fourth-order valence-corrected chi connectivity index (χ4v) is 5.73. The second-order valence-electron chi connectivity index (χ2n) is 10.1. The molecular formula is C34H42O3S. The van der Waals surface area contributed by atoms with Gasteiger partial charge in [0.1, 0.15) is 5.75 Å². The quantitative estimate of drug-likeness (QED) is 0.101. The Kier molecular flexibility index (Phi) is 13.1. The van der Waals surface area contributed by atoms with E-state index in [4.69, 9.17) is 4.74 Å². The molecule has 4 heteroatoms. The smallest absolute Gasteiger partial charge is 0.335 e. The first-order valence-corrected chi connectivity index (χ1v) is 14.8. The first-order chi connectivity index (χ1) is 18.5. The number of carboxylic acids is 1. The lowest BCUT2D eigenvalue weighted by Gasteiger charge is -2.18. The number of thioether (sulfide) groups is 1. The van der Waals surface area contributed by atoms with Crippen molar-refractivity contribution in [3.8, 4) is 5.75 Å². The number of rotatable bonds is 18. The van der Waals surface area contributed by atoms with Crippen LogP contribution < -0.4 is 4.74 Å². The summed E-state index contributed by atoms with van der Waals surface area (Å²) in [6, 6.07) is 26.4. The molecule has 1 unspecified atom stereocenters. The summed E-state index contributed by atoms with van der Waals surface area (Å²) in [6.45, 7) is 6.88. The number of aromatic carboxylic acids is 1. The van der Waals surface area contributed by atoms with Crippen molar-refractivity contribution in [3.63, 3.8) is 0 Å². The van der Waals surface area contributed by atoms with Crippen LogP contribution in [0.25, 0.3) is 0 Å². The number of aryl methyl sites for hydroxylation is 2. The van der Waals surface area contributed by atoms with Crippen molar-refractivity contribution in [2.24, 2.45) is 0 Å². The first-order valence-electron chi connectivity index (χ1n) is 13.9. The minimum Gasteiger partial charge on any atom is -0.493 e. The van der Waals surface area contributed by atoms with Gasteiger partial charge >= 0.3 is 5.97 Å². The van der Waals surface area contributed by atoms with E-state index < -0.39 is 5.97 Å². The third-order valence-corrected chi connectivity index (χ3v) is 8.05. The number of ether oxygens (including phenoxy) is 1. The number of allylic oxidation sites excluding steroid dienone is 1. The van der Waals surface area contributed by atoms with Crippen LogP contribution in [0.15, 0.2) is 95.9 Å². The summed E-state index contributed by atoms with van der Waals surface area (Å²) >= 11 is 1.86. The molecule has 0 saturated carbocycles. The Hall–Kier alpha value is -2.98. The van der Waals surface area contributed by atoms with Crippen LogP contribution in [0.5, 0.6) is 5.75 Å². The highest BCUT2D eigenvalue weighted by molar-refractivity contribution is 8.00. The summed E-state index contributed by atoms with van der Waals surface area (Å²) in [4.78, 5) is 12.3. The molecule has 1 N–H and O–H groups in total. The van der Waals surface area contributed by atoms with Crippen molar-refractivity contribution >= 4 is 17.7 Å². The Bertz CT molecular complexity index is 1110. The molecule has 0 amide bonds. The van der Waals surface area contributed by atoms with E-state index >= 15 is 0 Å². The summed E-state index contributed by atoms with van der Waals surface area (Å²) in [5.74, 6) is 0.123. The number of carbonyl (C=O) groups is 1. The number of hydrogen-bond acceptors (Lipinski definition) is 3. The summed E-state index contributed by atoms with van der Waals surface area (Å²) in [5.41, 5.74) is 4.25. The average molecular weight is 531 g/mol. The highest BCUT2D eigenvalue weighted by atomic mass is 32.2. The molecule has 0 radical (unpaired) electrons. The monoisotopic (exact) mass is 530 g/mol. The Morgan fingerprint density at radius 2 is 1.58 bits per heavy atom. The lowest BCUT2D eigenvalue weighted by molar-refractivity contribution is 0.0697. The Labute approximate surface area is 233 Å². The van der Waals surface area contributed by atoms with Crippen molar-refractivity contribution in [2.75, 3.05) is 6.61 Å². The summed E-state index contributed by atoms with van der Waals surface area (Å²) < 4.78 is 6.23. The second-order valence-corrected chi connectivity index (χ2v) is 11.4. The molecule has 0 aliphatic carbocycles. The predicted octanol–water partition coefficient (Wildman–Crippen LogP) is 9.41. The molecule has 0 spiro atoms. The van der Waals surface area contributed by atoms with Crippen LogP contribution in [0.1, 0.15) is 79.8 Å². The molecule has 3 aromatic carbocycles. The normalized spacial score (nSPS) is 11.7. The molecule has 0 aliphatic rings. The Morgan fingerprint density at radius 3 is 2.32 bits per heavy atom. The lowest BCUT2D eigenvalue weighted by Crippen LogP contribution is -2.07. The van der Waals surface area contributed by atoms with E-state index in [-0.39, 0.29) is 0 Å². The van der Waals surface area contributed by atoms with Crippen LogP contribution in [0, 0.1) is 0 Å². The molecule has 202 valence electrons.